The number of hydrogen-bond acceptors (Lipinski definition) is 1. The average Bonchev–Trinajstić information content (AvgIpc) is 2.12. The molecule has 1 fully saturated rings. The molecule has 1 heteroatoms. The molecule has 1 aliphatic rings. The first-order valence-electron chi connectivity index (χ1n) is 6.97. The van der Waals surface area contributed by atoms with Gasteiger partial charge in [-0.2, -0.15) is 0 Å². The van der Waals surface area contributed by atoms with Gasteiger partial charge >= 0.3 is 0 Å². The Labute approximate surface area is 112 Å². The first-order valence-corrected chi connectivity index (χ1v) is 6.97. The molecule has 0 bridgehead atoms. The van der Waals surface area contributed by atoms with Crippen LogP contribution < -0.4 is 4.90 Å². The van der Waals surface area contributed by atoms with E-state index in [0.717, 1.165) is 0 Å². The van der Waals surface area contributed by atoms with Crippen molar-refractivity contribution in [2.24, 2.45) is 16.2 Å². The zero-order valence-corrected chi connectivity index (χ0v) is 12.7. The van der Waals surface area contributed by atoms with E-state index in [1.807, 2.05) is 0 Å². The fourth-order valence-electron chi connectivity index (χ4n) is 3.50. The van der Waals surface area contributed by atoms with Crippen LogP contribution in [-0.2, 0) is 0 Å². The minimum absolute atomic E-state index is 0.344. The SMILES string of the molecule is CC(C)(C)C1(C(C)(C)C)CN(c2ccccc2)C1. The molecule has 0 N–H and O–H groups in total. The number of benzene rings is 1. The van der Waals surface area contributed by atoms with Crippen molar-refractivity contribution < 1.29 is 0 Å². The number of para-hydroxylation sites is 1. The van der Waals surface area contributed by atoms with Crippen LogP contribution in [0.2, 0.25) is 0 Å². The van der Waals surface area contributed by atoms with Crippen LogP contribution in [0.5, 0.6) is 0 Å². The minimum atomic E-state index is 0.344. The molecule has 18 heavy (non-hydrogen) atoms. The maximum atomic E-state index is 2.51. The van der Waals surface area contributed by atoms with Crippen LogP contribution in [0.25, 0.3) is 0 Å². The van der Waals surface area contributed by atoms with Gasteiger partial charge in [-0.1, -0.05) is 59.7 Å². The monoisotopic (exact) mass is 245 g/mol. The molecule has 0 spiro atoms. The van der Waals surface area contributed by atoms with E-state index >= 15 is 0 Å². The van der Waals surface area contributed by atoms with Crippen molar-refractivity contribution in [1.82, 2.24) is 0 Å². The molecule has 0 atom stereocenters. The standard InChI is InChI=1S/C17H27N/c1-15(2,3)17(16(4,5)6)12-18(13-17)14-10-8-7-9-11-14/h7-11H,12-13H2,1-6H3. The molecule has 1 saturated heterocycles. The van der Waals surface area contributed by atoms with E-state index in [1.165, 1.54) is 18.8 Å². The molecule has 1 nitrogen and oxygen atoms in total. The zero-order valence-electron chi connectivity index (χ0n) is 12.7. The van der Waals surface area contributed by atoms with Crippen molar-refractivity contribution in [2.75, 3.05) is 18.0 Å². The third-order valence-electron chi connectivity index (χ3n) is 4.91. The Hall–Kier alpha value is -0.980. The van der Waals surface area contributed by atoms with Gasteiger partial charge in [0.1, 0.15) is 0 Å². The molecular formula is C17H27N. The van der Waals surface area contributed by atoms with Gasteiger partial charge < -0.3 is 4.90 Å². The molecule has 0 aliphatic carbocycles. The summed E-state index contributed by atoms with van der Waals surface area (Å²) in [5.41, 5.74) is 2.45. The van der Waals surface area contributed by atoms with Crippen LogP contribution in [0.15, 0.2) is 30.3 Å². The molecule has 0 aromatic heterocycles. The largest absolute Gasteiger partial charge is 0.370 e. The molecule has 0 unspecified atom stereocenters. The van der Waals surface area contributed by atoms with Crippen LogP contribution >= 0.6 is 0 Å². The van der Waals surface area contributed by atoms with E-state index in [9.17, 15) is 0 Å². The topological polar surface area (TPSA) is 3.24 Å². The van der Waals surface area contributed by atoms with Crippen molar-refractivity contribution >= 4 is 5.69 Å². The molecule has 0 radical (unpaired) electrons. The summed E-state index contributed by atoms with van der Waals surface area (Å²) in [7, 11) is 0. The summed E-state index contributed by atoms with van der Waals surface area (Å²) < 4.78 is 0. The van der Waals surface area contributed by atoms with Crippen LogP contribution in [-0.4, -0.2) is 13.1 Å². The quantitative estimate of drug-likeness (QED) is 0.699. The van der Waals surface area contributed by atoms with Gasteiger partial charge in [0.2, 0.25) is 0 Å². The fourth-order valence-corrected chi connectivity index (χ4v) is 3.50. The summed E-state index contributed by atoms with van der Waals surface area (Å²) in [5.74, 6) is 0. The molecule has 0 amide bonds. The molecule has 1 aromatic carbocycles. The highest BCUT2D eigenvalue weighted by Crippen LogP contribution is 2.57. The maximum Gasteiger partial charge on any atom is 0.0366 e. The minimum Gasteiger partial charge on any atom is -0.370 e. The maximum absolute atomic E-state index is 2.51. The van der Waals surface area contributed by atoms with Crippen LogP contribution in [0, 0.1) is 16.2 Å². The predicted octanol–water partition coefficient (Wildman–Crippen LogP) is 4.59. The second kappa shape index (κ2) is 4.01. The summed E-state index contributed by atoms with van der Waals surface area (Å²) in [6.45, 7) is 16.7. The lowest BCUT2D eigenvalue weighted by Crippen LogP contribution is -2.68. The molecule has 1 heterocycles. The fraction of sp³-hybridized carbons (Fsp3) is 0.647. The molecule has 0 saturated carbocycles. The van der Waals surface area contributed by atoms with E-state index in [0.29, 0.717) is 16.2 Å². The Kier molecular flexibility index (Phi) is 3.00. The Morgan fingerprint density at radius 3 is 1.67 bits per heavy atom. The first-order chi connectivity index (χ1) is 8.17. The highest BCUT2D eigenvalue weighted by molar-refractivity contribution is 5.50. The Balaban J connectivity index is 2.22. The normalized spacial score (nSPS) is 19.6. The van der Waals surface area contributed by atoms with Gasteiger partial charge in [0.25, 0.3) is 0 Å². The molecular weight excluding hydrogens is 218 g/mol. The van der Waals surface area contributed by atoms with Crippen molar-refractivity contribution in [2.45, 2.75) is 41.5 Å². The lowest BCUT2D eigenvalue weighted by molar-refractivity contribution is -0.0573. The molecule has 1 aliphatic heterocycles. The van der Waals surface area contributed by atoms with Gasteiger partial charge in [-0.3, -0.25) is 0 Å². The van der Waals surface area contributed by atoms with E-state index in [1.54, 1.807) is 0 Å². The Morgan fingerprint density at radius 2 is 1.28 bits per heavy atom. The first kappa shape index (κ1) is 13.5. The summed E-state index contributed by atoms with van der Waals surface area (Å²) in [6.07, 6.45) is 0. The molecule has 2 rings (SSSR count). The Morgan fingerprint density at radius 1 is 0.833 bits per heavy atom. The third kappa shape index (κ3) is 1.94. The van der Waals surface area contributed by atoms with Gasteiger partial charge in [0.15, 0.2) is 0 Å². The van der Waals surface area contributed by atoms with Crippen molar-refractivity contribution in [3.63, 3.8) is 0 Å². The van der Waals surface area contributed by atoms with E-state index in [4.69, 9.17) is 0 Å². The predicted molar refractivity (Wildman–Crippen MR) is 80.0 cm³/mol. The number of rotatable bonds is 1. The van der Waals surface area contributed by atoms with E-state index in [2.05, 4.69) is 76.8 Å². The highest BCUT2D eigenvalue weighted by Gasteiger charge is 2.57. The second-order valence-corrected chi connectivity index (χ2v) is 7.77. The summed E-state index contributed by atoms with van der Waals surface area (Å²) >= 11 is 0. The van der Waals surface area contributed by atoms with E-state index < -0.39 is 0 Å². The summed E-state index contributed by atoms with van der Waals surface area (Å²) in [4.78, 5) is 2.51. The Bertz CT molecular complexity index is 383. The summed E-state index contributed by atoms with van der Waals surface area (Å²) in [5, 5.41) is 0. The van der Waals surface area contributed by atoms with Crippen LogP contribution in [0.1, 0.15) is 41.5 Å². The lowest BCUT2D eigenvalue weighted by Gasteiger charge is -2.64. The van der Waals surface area contributed by atoms with Crippen LogP contribution in [0.4, 0.5) is 5.69 Å². The number of anilines is 1. The van der Waals surface area contributed by atoms with E-state index in [-0.39, 0.29) is 0 Å². The average molecular weight is 245 g/mol. The van der Waals surface area contributed by atoms with Gasteiger partial charge in [0.05, 0.1) is 0 Å². The highest BCUT2D eigenvalue weighted by atomic mass is 15.2. The van der Waals surface area contributed by atoms with Gasteiger partial charge in [0, 0.05) is 24.2 Å². The smallest absolute Gasteiger partial charge is 0.0366 e. The second-order valence-electron chi connectivity index (χ2n) is 7.77. The van der Waals surface area contributed by atoms with Crippen molar-refractivity contribution in [3.8, 4) is 0 Å². The van der Waals surface area contributed by atoms with Crippen molar-refractivity contribution in [3.05, 3.63) is 30.3 Å². The van der Waals surface area contributed by atoms with Gasteiger partial charge in [-0.05, 0) is 23.0 Å². The van der Waals surface area contributed by atoms with Crippen LogP contribution in [0.3, 0.4) is 0 Å². The zero-order chi connectivity index (χ0) is 13.6. The molecule has 100 valence electrons. The number of hydrogen-bond donors (Lipinski definition) is 0. The molecule has 1 aromatic rings. The van der Waals surface area contributed by atoms with Crippen molar-refractivity contribution in [1.29, 1.82) is 0 Å². The lowest BCUT2D eigenvalue weighted by atomic mass is 9.50. The summed E-state index contributed by atoms with van der Waals surface area (Å²) in [6, 6.07) is 10.8. The number of nitrogens with zero attached hydrogens (tertiary/aromatic N) is 1. The third-order valence-corrected chi connectivity index (χ3v) is 4.91. The van der Waals surface area contributed by atoms with Gasteiger partial charge in [-0.25, -0.2) is 0 Å². The van der Waals surface area contributed by atoms with Gasteiger partial charge in [-0.15, -0.1) is 0 Å².